The van der Waals surface area contributed by atoms with E-state index in [2.05, 4.69) is 46.6 Å². The van der Waals surface area contributed by atoms with Crippen molar-refractivity contribution in [1.82, 2.24) is 20.0 Å². The van der Waals surface area contributed by atoms with Gasteiger partial charge in [-0.25, -0.2) is 0 Å². The number of pyridine rings is 1. The van der Waals surface area contributed by atoms with Gasteiger partial charge < -0.3 is 9.67 Å². The Morgan fingerprint density at radius 2 is 2.04 bits per heavy atom. The highest BCUT2D eigenvalue weighted by atomic mass is 32.1. The number of unbranched alkanes of at least 4 members (excludes halogenated alkanes) is 1. The summed E-state index contributed by atoms with van der Waals surface area (Å²) in [6.07, 6.45) is 6.80. The number of hydrogen-bond acceptors (Lipinski definition) is 4. The second-order valence-corrected chi connectivity index (χ2v) is 6.58. The minimum atomic E-state index is 0.165. The summed E-state index contributed by atoms with van der Waals surface area (Å²) < 4.78 is 2.42. The van der Waals surface area contributed by atoms with Gasteiger partial charge in [0, 0.05) is 24.9 Å². The molecule has 0 radical (unpaired) electrons. The van der Waals surface area contributed by atoms with Crippen LogP contribution in [0.1, 0.15) is 42.0 Å². The Kier molecular flexibility index (Phi) is 5.60. The molecule has 3 rings (SSSR count). The Hall–Kier alpha value is -2.47. The number of rotatable bonds is 7. The third-order valence-corrected chi connectivity index (χ3v) is 4.94. The summed E-state index contributed by atoms with van der Waals surface area (Å²) in [6, 6.07) is 11.9. The molecule has 1 aromatic carbocycles. The Labute approximate surface area is 152 Å². The molecule has 1 unspecified atom stereocenters. The molecule has 0 spiro atoms. The Balaban J connectivity index is 1.67. The van der Waals surface area contributed by atoms with Crippen LogP contribution in [0.3, 0.4) is 0 Å². The number of benzene rings is 1. The molecule has 2 heterocycles. The van der Waals surface area contributed by atoms with E-state index in [1.165, 1.54) is 11.1 Å². The summed E-state index contributed by atoms with van der Waals surface area (Å²) >= 11 is 5.24. The van der Waals surface area contributed by atoms with Crippen molar-refractivity contribution < 1.29 is 5.11 Å². The Morgan fingerprint density at radius 3 is 2.80 bits per heavy atom. The maximum absolute atomic E-state index is 9.71. The number of aromatic hydroxyl groups is 1. The van der Waals surface area contributed by atoms with Gasteiger partial charge in [0.15, 0.2) is 0 Å². The minimum Gasteiger partial charge on any atom is -0.505 e. The van der Waals surface area contributed by atoms with Crippen molar-refractivity contribution in [2.75, 3.05) is 0 Å². The van der Waals surface area contributed by atoms with Gasteiger partial charge in [-0.05, 0) is 43.0 Å². The van der Waals surface area contributed by atoms with E-state index in [1.54, 1.807) is 6.07 Å². The van der Waals surface area contributed by atoms with E-state index in [1.807, 2.05) is 23.0 Å². The summed E-state index contributed by atoms with van der Waals surface area (Å²) in [4.78, 5) is 0. The summed E-state index contributed by atoms with van der Waals surface area (Å²) in [7, 11) is 0. The van der Waals surface area contributed by atoms with Gasteiger partial charge >= 0.3 is 0 Å². The maximum Gasteiger partial charge on any atom is 0.150 e. The van der Waals surface area contributed by atoms with E-state index in [0.717, 1.165) is 31.5 Å². The molecule has 3 aromatic rings. The minimum absolute atomic E-state index is 0.165. The first-order valence-corrected chi connectivity index (χ1v) is 8.88. The van der Waals surface area contributed by atoms with E-state index < -0.39 is 0 Å². The van der Waals surface area contributed by atoms with Crippen molar-refractivity contribution in [3.8, 4) is 5.75 Å². The molecule has 0 bridgehead atoms. The molecule has 5 nitrogen and oxygen atoms in total. The molecule has 0 amide bonds. The lowest BCUT2D eigenvalue weighted by atomic mass is 9.88. The summed E-state index contributed by atoms with van der Waals surface area (Å²) in [5.74, 6) is 0.398. The van der Waals surface area contributed by atoms with Crippen molar-refractivity contribution in [2.45, 2.75) is 38.6 Å². The molecule has 0 saturated carbocycles. The van der Waals surface area contributed by atoms with Crippen LogP contribution in [0.5, 0.6) is 5.75 Å². The fraction of sp³-hybridized carbons (Fsp3) is 0.316. The largest absolute Gasteiger partial charge is 0.505 e. The number of nitrogens with one attached hydrogen (secondary N) is 1. The van der Waals surface area contributed by atoms with Crippen LogP contribution in [0, 0.1) is 11.6 Å². The van der Waals surface area contributed by atoms with Crippen LogP contribution in [0.4, 0.5) is 0 Å². The fourth-order valence-electron chi connectivity index (χ4n) is 3.15. The number of aromatic nitrogens is 4. The standard InChI is InChI=1S/C19H22N4OS/c1-14-7-2-3-8-15(14)16(17-13-20-22-21-17)9-4-5-11-23-12-6-10-18(24)19(23)25/h2-3,6-8,10,12-13,16,24H,4-5,9,11H2,1H3,(H,20,21,22). The zero-order valence-corrected chi connectivity index (χ0v) is 15.0. The van der Waals surface area contributed by atoms with Gasteiger partial charge in [-0.1, -0.05) is 48.1 Å². The van der Waals surface area contributed by atoms with Crippen molar-refractivity contribution in [3.05, 3.63) is 70.3 Å². The number of aromatic amines is 1. The average molecular weight is 354 g/mol. The molecule has 0 aliphatic carbocycles. The highest BCUT2D eigenvalue weighted by Gasteiger charge is 2.18. The Morgan fingerprint density at radius 1 is 1.20 bits per heavy atom. The highest BCUT2D eigenvalue weighted by molar-refractivity contribution is 7.71. The fourth-order valence-corrected chi connectivity index (χ4v) is 3.37. The summed E-state index contributed by atoms with van der Waals surface area (Å²) in [5.41, 5.74) is 3.54. The second-order valence-electron chi connectivity index (χ2n) is 6.20. The van der Waals surface area contributed by atoms with Crippen LogP contribution in [0.15, 0.2) is 48.8 Å². The van der Waals surface area contributed by atoms with E-state index in [9.17, 15) is 5.11 Å². The van der Waals surface area contributed by atoms with Crippen LogP contribution >= 0.6 is 12.2 Å². The SMILES string of the molecule is Cc1ccccc1C(CCCCn1cccc(O)c1=S)c1c[nH]nn1. The van der Waals surface area contributed by atoms with E-state index >= 15 is 0 Å². The van der Waals surface area contributed by atoms with Crippen molar-refractivity contribution in [2.24, 2.45) is 0 Å². The summed E-state index contributed by atoms with van der Waals surface area (Å²) in [5, 5.41) is 20.6. The van der Waals surface area contributed by atoms with Crippen LogP contribution in [-0.2, 0) is 6.54 Å². The lowest BCUT2D eigenvalue weighted by Gasteiger charge is -2.17. The van der Waals surface area contributed by atoms with Gasteiger partial charge in [-0.15, -0.1) is 5.10 Å². The van der Waals surface area contributed by atoms with E-state index in [0.29, 0.717) is 4.64 Å². The lowest BCUT2D eigenvalue weighted by molar-refractivity contribution is 0.458. The first-order chi connectivity index (χ1) is 12.2. The van der Waals surface area contributed by atoms with Gasteiger partial charge in [0.1, 0.15) is 10.4 Å². The van der Waals surface area contributed by atoms with Gasteiger partial charge in [-0.2, -0.15) is 0 Å². The van der Waals surface area contributed by atoms with Crippen molar-refractivity contribution in [1.29, 1.82) is 0 Å². The average Bonchev–Trinajstić information content (AvgIpc) is 3.14. The molecule has 2 N–H and O–H groups in total. The van der Waals surface area contributed by atoms with Crippen LogP contribution in [0.25, 0.3) is 0 Å². The molecule has 0 aliphatic heterocycles. The molecule has 2 aromatic heterocycles. The number of H-pyrrole nitrogens is 1. The molecular formula is C19H22N4OS. The van der Waals surface area contributed by atoms with Gasteiger partial charge in [0.25, 0.3) is 0 Å². The molecule has 130 valence electrons. The topological polar surface area (TPSA) is 66.7 Å². The van der Waals surface area contributed by atoms with Crippen LogP contribution < -0.4 is 0 Å². The highest BCUT2D eigenvalue weighted by Crippen LogP contribution is 2.30. The second kappa shape index (κ2) is 8.07. The van der Waals surface area contributed by atoms with Gasteiger partial charge in [-0.3, -0.25) is 5.10 Å². The number of hydrogen-bond donors (Lipinski definition) is 2. The predicted molar refractivity (Wildman–Crippen MR) is 100 cm³/mol. The van der Waals surface area contributed by atoms with Crippen LogP contribution in [-0.4, -0.2) is 25.1 Å². The molecular weight excluding hydrogens is 332 g/mol. The smallest absolute Gasteiger partial charge is 0.150 e. The quantitative estimate of drug-likeness (QED) is 0.489. The van der Waals surface area contributed by atoms with Gasteiger partial charge in [0.2, 0.25) is 0 Å². The first kappa shape index (κ1) is 17.4. The molecule has 25 heavy (non-hydrogen) atoms. The molecule has 1 atom stereocenters. The Bertz CT molecular complexity index is 873. The van der Waals surface area contributed by atoms with Crippen molar-refractivity contribution >= 4 is 12.2 Å². The molecule has 0 aliphatic rings. The van der Waals surface area contributed by atoms with Gasteiger partial charge in [0.05, 0.1) is 5.69 Å². The molecule has 0 fully saturated rings. The molecule has 6 heteroatoms. The first-order valence-electron chi connectivity index (χ1n) is 8.47. The lowest BCUT2D eigenvalue weighted by Crippen LogP contribution is -2.06. The maximum atomic E-state index is 9.71. The van der Waals surface area contributed by atoms with Crippen LogP contribution in [0.2, 0.25) is 0 Å². The molecule has 0 saturated heterocycles. The number of nitrogens with zero attached hydrogens (tertiary/aromatic N) is 3. The van der Waals surface area contributed by atoms with E-state index in [4.69, 9.17) is 12.2 Å². The summed E-state index contributed by atoms with van der Waals surface area (Å²) in [6.45, 7) is 2.93. The predicted octanol–water partition coefficient (Wildman–Crippen LogP) is 4.35. The zero-order chi connectivity index (χ0) is 17.6. The number of aryl methyl sites for hydroxylation is 2. The normalized spacial score (nSPS) is 12.2. The zero-order valence-electron chi connectivity index (χ0n) is 14.2. The third kappa shape index (κ3) is 4.14. The van der Waals surface area contributed by atoms with Crippen molar-refractivity contribution in [3.63, 3.8) is 0 Å². The third-order valence-electron chi connectivity index (χ3n) is 4.50. The van der Waals surface area contributed by atoms with E-state index in [-0.39, 0.29) is 11.7 Å². The monoisotopic (exact) mass is 354 g/mol.